The molecule has 10 heteroatoms. The quantitative estimate of drug-likeness (QED) is 0.574. The van der Waals surface area contributed by atoms with Crippen LogP contribution in [0, 0.1) is 11.6 Å². The molecule has 0 saturated heterocycles. The van der Waals surface area contributed by atoms with Crippen molar-refractivity contribution in [3.05, 3.63) is 51.4 Å². The third-order valence-corrected chi connectivity index (χ3v) is 6.94. The van der Waals surface area contributed by atoms with E-state index in [0.29, 0.717) is 10.7 Å². The summed E-state index contributed by atoms with van der Waals surface area (Å²) in [6, 6.07) is 7.33. The Labute approximate surface area is 174 Å². The number of halogens is 3. The highest BCUT2D eigenvalue weighted by atomic mass is 79.9. The minimum absolute atomic E-state index is 0.0410. The van der Waals surface area contributed by atoms with Crippen molar-refractivity contribution in [1.82, 2.24) is 4.98 Å². The van der Waals surface area contributed by atoms with E-state index in [4.69, 9.17) is 5.11 Å². The number of aromatic nitrogens is 1. The van der Waals surface area contributed by atoms with Gasteiger partial charge in [0, 0.05) is 21.5 Å². The molecule has 0 radical (unpaired) electrons. The van der Waals surface area contributed by atoms with Crippen LogP contribution in [-0.2, 0) is 16.1 Å². The molecule has 1 aliphatic heterocycles. The first kappa shape index (κ1) is 19.3. The number of amides is 1. The molecule has 1 atom stereocenters. The van der Waals surface area contributed by atoms with Gasteiger partial charge in [-0.05, 0) is 18.2 Å². The summed E-state index contributed by atoms with van der Waals surface area (Å²) in [6.07, 6.45) is -0.310. The van der Waals surface area contributed by atoms with Crippen LogP contribution in [0.2, 0.25) is 0 Å². The van der Waals surface area contributed by atoms with Gasteiger partial charge in [0.25, 0.3) is 0 Å². The van der Waals surface area contributed by atoms with Crippen LogP contribution in [0.15, 0.2) is 39.7 Å². The Morgan fingerprint density at radius 3 is 2.82 bits per heavy atom. The van der Waals surface area contributed by atoms with Crippen molar-refractivity contribution in [3.8, 4) is 0 Å². The molecule has 0 saturated carbocycles. The summed E-state index contributed by atoms with van der Waals surface area (Å²) in [6.45, 7) is 0.0410. The number of carboxylic acid groups (broad SMARTS) is 1. The highest BCUT2D eigenvalue weighted by Gasteiger charge is 2.35. The minimum atomic E-state index is -1.07. The van der Waals surface area contributed by atoms with E-state index in [2.05, 4.69) is 20.9 Å². The molecular weight excluding hydrogens is 474 g/mol. The van der Waals surface area contributed by atoms with Gasteiger partial charge in [-0.2, -0.15) is 0 Å². The van der Waals surface area contributed by atoms with Crippen molar-refractivity contribution in [2.75, 3.05) is 4.90 Å². The lowest BCUT2D eigenvalue weighted by atomic mass is 10.2. The molecule has 5 nitrogen and oxygen atoms in total. The SMILES string of the molecule is O=C(O)CC1Sc2ccc(Br)cc2N(Cc2nc3cc(F)cc(F)c3s2)C1=O. The first-order valence-electron chi connectivity index (χ1n) is 8.05. The Hall–Kier alpha value is -2.04. The Balaban J connectivity index is 1.74. The van der Waals surface area contributed by atoms with E-state index >= 15 is 0 Å². The standard InChI is InChI=1S/C18H11BrF2N2O3S2/c19-8-1-2-13-12(3-8)23(18(26)14(27-13)6-16(24)25)7-15-22-11-5-9(20)4-10(21)17(11)28-15/h1-5,14H,6-7H2,(H,24,25). The predicted molar refractivity (Wildman–Crippen MR) is 107 cm³/mol. The molecule has 1 aromatic heterocycles. The lowest BCUT2D eigenvalue weighted by Crippen LogP contribution is -2.41. The Morgan fingerprint density at radius 1 is 1.29 bits per heavy atom. The van der Waals surface area contributed by atoms with Gasteiger partial charge in [-0.25, -0.2) is 13.8 Å². The number of thioether (sulfide) groups is 1. The van der Waals surface area contributed by atoms with Crippen molar-refractivity contribution in [2.24, 2.45) is 0 Å². The summed E-state index contributed by atoms with van der Waals surface area (Å²) >= 11 is 5.63. The zero-order chi connectivity index (χ0) is 20.0. The summed E-state index contributed by atoms with van der Waals surface area (Å²) in [5.41, 5.74) is 0.810. The van der Waals surface area contributed by atoms with E-state index in [-0.39, 0.29) is 29.1 Å². The molecule has 2 aromatic carbocycles. The highest BCUT2D eigenvalue weighted by molar-refractivity contribution is 9.10. The average Bonchev–Trinajstić information content (AvgIpc) is 3.01. The van der Waals surface area contributed by atoms with Gasteiger partial charge in [-0.15, -0.1) is 23.1 Å². The number of benzene rings is 2. The van der Waals surface area contributed by atoms with Gasteiger partial charge >= 0.3 is 5.97 Å². The van der Waals surface area contributed by atoms with Gasteiger partial charge in [0.15, 0.2) is 0 Å². The van der Waals surface area contributed by atoms with Gasteiger partial charge in [-0.3, -0.25) is 9.59 Å². The van der Waals surface area contributed by atoms with Crippen molar-refractivity contribution in [2.45, 2.75) is 23.1 Å². The summed E-state index contributed by atoms with van der Waals surface area (Å²) in [5, 5.41) is 8.79. The second-order valence-electron chi connectivity index (χ2n) is 6.08. The molecule has 1 amide bonds. The Morgan fingerprint density at radius 2 is 2.07 bits per heavy atom. The van der Waals surface area contributed by atoms with Gasteiger partial charge in [-0.1, -0.05) is 15.9 Å². The van der Waals surface area contributed by atoms with E-state index in [1.807, 2.05) is 12.1 Å². The number of thiazole rings is 1. The van der Waals surface area contributed by atoms with Crippen LogP contribution in [0.25, 0.3) is 10.2 Å². The molecule has 2 heterocycles. The number of carbonyl (C=O) groups excluding carboxylic acids is 1. The molecule has 0 bridgehead atoms. The van der Waals surface area contributed by atoms with Crippen molar-refractivity contribution >= 4 is 66.8 Å². The first-order valence-corrected chi connectivity index (χ1v) is 10.5. The van der Waals surface area contributed by atoms with Crippen LogP contribution in [0.3, 0.4) is 0 Å². The van der Waals surface area contributed by atoms with E-state index in [1.165, 1.54) is 16.7 Å². The van der Waals surface area contributed by atoms with Crippen LogP contribution in [0.5, 0.6) is 0 Å². The van der Waals surface area contributed by atoms with Crippen LogP contribution < -0.4 is 4.90 Å². The van der Waals surface area contributed by atoms with Crippen LogP contribution in [-0.4, -0.2) is 27.2 Å². The van der Waals surface area contributed by atoms with E-state index in [9.17, 15) is 18.4 Å². The number of carboxylic acids is 1. The molecule has 1 N–H and O–H groups in total. The summed E-state index contributed by atoms with van der Waals surface area (Å²) in [4.78, 5) is 30.6. The zero-order valence-electron chi connectivity index (χ0n) is 14.0. The number of anilines is 1. The topological polar surface area (TPSA) is 70.5 Å². The van der Waals surface area contributed by atoms with E-state index in [1.54, 1.807) is 6.07 Å². The van der Waals surface area contributed by atoms with E-state index in [0.717, 1.165) is 32.8 Å². The molecule has 1 aliphatic rings. The number of rotatable bonds is 4. The number of fused-ring (bicyclic) bond motifs is 2. The summed E-state index contributed by atoms with van der Waals surface area (Å²) < 4.78 is 28.4. The van der Waals surface area contributed by atoms with Crippen molar-refractivity contribution in [3.63, 3.8) is 0 Å². The summed E-state index contributed by atoms with van der Waals surface area (Å²) in [7, 11) is 0. The van der Waals surface area contributed by atoms with E-state index < -0.39 is 22.9 Å². The zero-order valence-corrected chi connectivity index (χ0v) is 17.2. The highest BCUT2D eigenvalue weighted by Crippen LogP contribution is 2.42. The normalized spacial score (nSPS) is 16.5. The lowest BCUT2D eigenvalue weighted by Gasteiger charge is -2.32. The largest absolute Gasteiger partial charge is 0.481 e. The van der Waals surface area contributed by atoms with Crippen LogP contribution in [0.1, 0.15) is 11.4 Å². The Kier molecular flexibility index (Phi) is 5.11. The molecular formula is C18H11BrF2N2O3S2. The maximum absolute atomic E-state index is 14.0. The fraction of sp³-hybridized carbons (Fsp3) is 0.167. The third kappa shape index (κ3) is 3.63. The van der Waals surface area contributed by atoms with Crippen LogP contribution >= 0.6 is 39.0 Å². The summed E-state index contributed by atoms with van der Waals surface area (Å²) in [5.74, 6) is -2.85. The smallest absolute Gasteiger partial charge is 0.305 e. The number of nitrogens with zero attached hydrogens (tertiary/aromatic N) is 2. The molecule has 0 fully saturated rings. The van der Waals surface area contributed by atoms with Gasteiger partial charge in [0.2, 0.25) is 5.91 Å². The monoisotopic (exact) mass is 484 g/mol. The maximum atomic E-state index is 14.0. The molecule has 28 heavy (non-hydrogen) atoms. The molecule has 0 spiro atoms. The first-order chi connectivity index (χ1) is 13.3. The third-order valence-electron chi connectivity index (χ3n) is 4.13. The number of hydrogen-bond donors (Lipinski definition) is 1. The number of aliphatic carboxylic acids is 1. The van der Waals surface area contributed by atoms with Crippen molar-refractivity contribution in [1.29, 1.82) is 0 Å². The molecule has 3 aromatic rings. The fourth-order valence-electron chi connectivity index (χ4n) is 2.96. The second-order valence-corrected chi connectivity index (χ2v) is 9.33. The molecule has 144 valence electrons. The lowest BCUT2D eigenvalue weighted by molar-refractivity contribution is -0.138. The maximum Gasteiger partial charge on any atom is 0.305 e. The van der Waals surface area contributed by atoms with Gasteiger partial charge < -0.3 is 10.0 Å². The number of carbonyl (C=O) groups is 2. The number of hydrogen-bond acceptors (Lipinski definition) is 5. The molecule has 1 unspecified atom stereocenters. The van der Waals surface area contributed by atoms with Gasteiger partial charge in [0.1, 0.15) is 16.6 Å². The minimum Gasteiger partial charge on any atom is -0.481 e. The Bertz CT molecular complexity index is 1120. The van der Waals surface area contributed by atoms with Gasteiger partial charge in [0.05, 0.1) is 34.1 Å². The van der Waals surface area contributed by atoms with Crippen LogP contribution in [0.4, 0.5) is 14.5 Å². The predicted octanol–water partition coefficient (Wildman–Crippen LogP) is 4.82. The second kappa shape index (κ2) is 7.41. The van der Waals surface area contributed by atoms with Crippen molar-refractivity contribution < 1.29 is 23.5 Å². The molecule has 0 aliphatic carbocycles. The fourth-order valence-corrected chi connectivity index (χ4v) is 5.44. The average molecular weight is 485 g/mol. The molecule has 4 rings (SSSR count).